The van der Waals surface area contributed by atoms with Crippen molar-refractivity contribution < 1.29 is 0 Å². The lowest BCUT2D eigenvalue weighted by atomic mass is 10.0. The Bertz CT molecular complexity index is 753. The van der Waals surface area contributed by atoms with Crippen LogP contribution in [-0.4, -0.2) is 4.57 Å². The van der Waals surface area contributed by atoms with E-state index < -0.39 is 0 Å². The van der Waals surface area contributed by atoms with E-state index in [9.17, 15) is 0 Å². The molecule has 1 heteroatoms. The van der Waals surface area contributed by atoms with E-state index in [0.717, 1.165) is 19.4 Å². The van der Waals surface area contributed by atoms with E-state index >= 15 is 0 Å². The summed E-state index contributed by atoms with van der Waals surface area (Å²) in [5.74, 6) is 0. The van der Waals surface area contributed by atoms with Crippen LogP contribution in [0.2, 0.25) is 0 Å². The van der Waals surface area contributed by atoms with E-state index in [1.165, 1.54) is 32.9 Å². The lowest BCUT2D eigenvalue weighted by molar-refractivity contribution is 0.827. The van der Waals surface area contributed by atoms with Gasteiger partial charge in [0.05, 0.1) is 0 Å². The van der Waals surface area contributed by atoms with E-state index in [2.05, 4.69) is 61.0 Å². The first kappa shape index (κ1) is 13.7. The van der Waals surface area contributed by atoms with Gasteiger partial charge in [-0.1, -0.05) is 24.3 Å². The first-order valence-corrected chi connectivity index (χ1v) is 7.54. The molecule has 3 rings (SSSR count). The van der Waals surface area contributed by atoms with E-state index in [1.807, 2.05) is 12.2 Å². The smallest absolute Gasteiger partial charge is 0.0491 e. The fraction of sp³-hybridized carbons (Fsp3) is 0.200. The number of hydrogen-bond acceptors (Lipinski definition) is 0. The Hall–Kier alpha value is -2.28. The van der Waals surface area contributed by atoms with Crippen LogP contribution >= 0.6 is 0 Å². The number of hydrogen-bond donors (Lipinski definition) is 0. The van der Waals surface area contributed by atoms with Gasteiger partial charge in [-0.25, -0.2) is 0 Å². The summed E-state index contributed by atoms with van der Waals surface area (Å²) in [6.07, 6.45) is 5.76. The number of fused-ring (bicyclic) bond motifs is 3. The molecule has 0 spiro atoms. The molecule has 1 aromatic heterocycles. The number of aryl methyl sites for hydroxylation is 1. The highest BCUT2D eigenvalue weighted by atomic mass is 15.0. The van der Waals surface area contributed by atoms with Gasteiger partial charge in [0.2, 0.25) is 0 Å². The molecule has 0 aliphatic rings. The fourth-order valence-corrected chi connectivity index (χ4v) is 3.13. The number of benzene rings is 2. The van der Waals surface area contributed by atoms with E-state index in [4.69, 9.17) is 0 Å². The molecule has 0 saturated carbocycles. The summed E-state index contributed by atoms with van der Waals surface area (Å²) in [4.78, 5) is 0. The van der Waals surface area contributed by atoms with Crippen molar-refractivity contribution in [1.82, 2.24) is 4.57 Å². The summed E-state index contributed by atoms with van der Waals surface area (Å²) >= 11 is 0. The van der Waals surface area contributed by atoms with Gasteiger partial charge in [0, 0.05) is 28.4 Å². The Morgan fingerprint density at radius 1 is 0.857 bits per heavy atom. The Morgan fingerprint density at radius 3 is 1.71 bits per heavy atom. The summed E-state index contributed by atoms with van der Waals surface area (Å²) in [7, 11) is 0. The fourth-order valence-electron chi connectivity index (χ4n) is 3.13. The minimum Gasteiger partial charge on any atom is -0.341 e. The molecule has 3 aromatic rings. The van der Waals surface area contributed by atoms with Crippen molar-refractivity contribution in [3.63, 3.8) is 0 Å². The van der Waals surface area contributed by atoms with Gasteiger partial charge in [-0.2, -0.15) is 0 Å². The van der Waals surface area contributed by atoms with Crippen molar-refractivity contribution in [2.45, 2.75) is 26.3 Å². The molecule has 0 radical (unpaired) electrons. The van der Waals surface area contributed by atoms with Crippen LogP contribution in [0.4, 0.5) is 0 Å². The van der Waals surface area contributed by atoms with Gasteiger partial charge in [-0.15, -0.1) is 13.2 Å². The predicted octanol–water partition coefficient (Wildman–Crippen LogP) is 5.27. The van der Waals surface area contributed by atoms with Crippen molar-refractivity contribution in [2.75, 3.05) is 0 Å². The van der Waals surface area contributed by atoms with Crippen molar-refractivity contribution in [3.05, 3.63) is 72.8 Å². The minimum atomic E-state index is 0.918. The van der Waals surface area contributed by atoms with Gasteiger partial charge >= 0.3 is 0 Å². The van der Waals surface area contributed by atoms with Crippen molar-refractivity contribution in [3.8, 4) is 0 Å². The first-order valence-electron chi connectivity index (χ1n) is 7.54. The normalized spacial score (nSPS) is 11.1. The highest BCUT2D eigenvalue weighted by Gasteiger charge is 2.10. The second kappa shape index (κ2) is 5.61. The van der Waals surface area contributed by atoms with Gasteiger partial charge in [-0.05, 0) is 55.2 Å². The summed E-state index contributed by atoms with van der Waals surface area (Å²) in [5.41, 5.74) is 5.27. The Kier molecular flexibility index (Phi) is 3.66. The SMILES string of the molecule is C=CCc1ccc2c(c1)c1cc(CC=C)ccc1n2CC. The highest BCUT2D eigenvalue weighted by molar-refractivity contribution is 6.08. The van der Waals surface area contributed by atoms with Gasteiger partial charge in [0.1, 0.15) is 0 Å². The zero-order chi connectivity index (χ0) is 14.8. The molecule has 0 aliphatic heterocycles. The largest absolute Gasteiger partial charge is 0.341 e. The average Bonchev–Trinajstić information content (AvgIpc) is 2.81. The molecule has 0 fully saturated rings. The van der Waals surface area contributed by atoms with Crippen molar-refractivity contribution in [2.24, 2.45) is 0 Å². The van der Waals surface area contributed by atoms with Gasteiger partial charge in [0.25, 0.3) is 0 Å². The second-order valence-corrected chi connectivity index (χ2v) is 5.43. The topological polar surface area (TPSA) is 4.93 Å². The molecule has 0 amide bonds. The molecule has 2 aromatic carbocycles. The molecule has 1 nitrogen and oxygen atoms in total. The summed E-state index contributed by atoms with van der Waals surface area (Å²) in [6.45, 7) is 10.9. The number of nitrogens with zero attached hydrogens (tertiary/aromatic N) is 1. The molecule has 21 heavy (non-hydrogen) atoms. The number of rotatable bonds is 5. The van der Waals surface area contributed by atoms with Crippen LogP contribution in [0, 0.1) is 0 Å². The van der Waals surface area contributed by atoms with Crippen molar-refractivity contribution >= 4 is 21.8 Å². The highest BCUT2D eigenvalue weighted by Crippen LogP contribution is 2.31. The summed E-state index contributed by atoms with van der Waals surface area (Å²) in [6, 6.07) is 13.5. The van der Waals surface area contributed by atoms with Gasteiger partial charge in [-0.3, -0.25) is 0 Å². The quantitative estimate of drug-likeness (QED) is 0.559. The van der Waals surface area contributed by atoms with E-state index in [1.54, 1.807) is 0 Å². The zero-order valence-electron chi connectivity index (χ0n) is 12.6. The maximum absolute atomic E-state index is 3.84. The van der Waals surface area contributed by atoms with Crippen LogP contribution in [-0.2, 0) is 19.4 Å². The standard InChI is InChI=1S/C20H21N/c1-4-7-15-9-11-19-17(13-15)18-14-16(8-5-2)10-12-20(18)21(19)6-3/h4-5,9-14H,1-2,6-8H2,3H3. The van der Waals surface area contributed by atoms with Crippen molar-refractivity contribution in [1.29, 1.82) is 0 Å². The number of aromatic nitrogens is 1. The predicted molar refractivity (Wildman–Crippen MR) is 92.9 cm³/mol. The van der Waals surface area contributed by atoms with Crippen LogP contribution < -0.4 is 0 Å². The van der Waals surface area contributed by atoms with Gasteiger partial charge in [0.15, 0.2) is 0 Å². The lowest BCUT2D eigenvalue weighted by Crippen LogP contribution is -1.93. The lowest BCUT2D eigenvalue weighted by Gasteiger charge is -2.03. The summed E-state index contributed by atoms with van der Waals surface area (Å²) in [5, 5.41) is 2.69. The third kappa shape index (κ3) is 2.29. The molecular formula is C20H21N. The Balaban J connectivity index is 2.33. The third-order valence-corrected chi connectivity index (χ3v) is 4.07. The Morgan fingerprint density at radius 2 is 1.33 bits per heavy atom. The molecular weight excluding hydrogens is 254 g/mol. The van der Waals surface area contributed by atoms with Crippen LogP contribution in [0.3, 0.4) is 0 Å². The zero-order valence-corrected chi connectivity index (χ0v) is 12.6. The third-order valence-electron chi connectivity index (χ3n) is 4.07. The Labute approximate surface area is 126 Å². The maximum Gasteiger partial charge on any atom is 0.0491 e. The monoisotopic (exact) mass is 275 g/mol. The molecule has 0 aliphatic carbocycles. The molecule has 106 valence electrons. The second-order valence-electron chi connectivity index (χ2n) is 5.43. The molecule has 0 bridgehead atoms. The average molecular weight is 275 g/mol. The van der Waals surface area contributed by atoms with E-state index in [0.29, 0.717) is 0 Å². The van der Waals surface area contributed by atoms with Crippen LogP contribution in [0.15, 0.2) is 61.7 Å². The van der Waals surface area contributed by atoms with E-state index in [-0.39, 0.29) is 0 Å². The first-order chi connectivity index (χ1) is 10.3. The van der Waals surface area contributed by atoms with Crippen LogP contribution in [0.5, 0.6) is 0 Å². The van der Waals surface area contributed by atoms with Gasteiger partial charge < -0.3 is 4.57 Å². The molecule has 0 atom stereocenters. The molecule has 1 heterocycles. The molecule has 0 unspecified atom stereocenters. The molecule has 0 saturated heterocycles. The van der Waals surface area contributed by atoms with Crippen LogP contribution in [0.1, 0.15) is 18.1 Å². The van der Waals surface area contributed by atoms with Crippen LogP contribution in [0.25, 0.3) is 21.8 Å². The molecule has 0 N–H and O–H groups in total. The number of allylic oxidation sites excluding steroid dienone is 2. The summed E-state index contributed by atoms with van der Waals surface area (Å²) < 4.78 is 2.39. The maximum atomic E-state index is 3.84. The minimum absolute atomic E-state index is 0.918.